The molecule has 0 aromatic heterocycles. The molecule has 3 atom stereocenters. The van der Waals surface area contributed by atoms with Crippen LogP contribution in [-0.2, 0) is 19.1 Å². The molecule has 1 fully saturated rings. The van der Waals surface area contributed by atoms with Crippen molar-refractivity contribution in [3.05, 3.63) is 132 Å². The van der Waals surface area contributed by atoms with Gasteiger partial charge in [0.05, 0.1) is 0 Å². The zero-order valence-corrected chi connectivity index (χ0v) is 33.0. The van der Waals surface area contributed by atoms with Crippen LogP contribution in [0.2, 0.25) is 0 Å². The number of alkyl carbamates (subject to hydrolysis) is 1. The molecule has 0 spiro atoms. The van der Waals surface area contributed by atoms with Gasteiger partial charge in [-0.1, -0.05) is 0 Å². The molecular weight excluding hydrogens is 812 g/mol. The summed E-state index contributed by atoms with van der Waals surface area (Å²) < 4.78 is 5.37. The first-order valence-electron chi connectivity index (χ1n) is 16.5. The van der Waals surface area contributed by atoms with Crippen molar-refractivity contribution in [1.82, 2.24) is 15.5 Å². The predicted molar refractivity (Wildman–Crippen MR) is 217 cm³/mol. The van der Waals surface area contributed by atoms with Crippen molar-refractivity contribution in [1.29, 1.82) is 0 Å². The van der Waals surface area contributed by atoms with E-state index < -0.39 is 54.2 Å². The van der Waals surface area contributed by atoms with Crippen molar-refractivity contribution >= 4 is 82.8 Å². The average Bonchev–Trinajstić information content (AvgIpc) is 3.11. The van der Waals surface area contributed by atoms with E-state index in [2.05, 4.69) is 47.0 Å². The number of thioether (sulfide) groups is 1. The molecule has 3 amide bonds. The van der Waals surface area contributed by atoms with Gasteiger partial charge in [0.15, 0.2) is 0 Å². The largest absolute Gasteiger partial charge is 0.107 e. The second-order valence-corrected chi connectivity index (χ2v) is 18.5. The molecule has 4 aromatic rings. The van der Waals surface area contributed by atoms with Crippen molar-refractivity contribution in [2.75, 3.05) is 11.9 Å². The molecule has 52 heavy (non-hydrogen) atoms. The molecule has 4 N–H and O–H groups in total. The maximum absolute atomic E-state index is 13.9. The molecule has 13 heteroatoms. The molecule has 272 valence electrons. The fraction of sp³-hybridized carbons (Fsp3) is 0.231. The quantitative estimate of drug-likeness (QED) is 0.0988. The zero-order valence-electron chi connectivity index (χ0n) is 28.8. The third-order valence-electron chi connectivity index (χ3n) is 8.95. The summed E-state index contributed by atoms with van der Waals surface area (Å²) in [5, 5.41) is 28.7. The third kappa shape index (κ3) is 7.99. The number of carboxylic acid groups (broad SMARTS) is 1. The number of hydrogen-bond acceptors (Lipinski definition) is 7. The summed E-state index contributed by atoms with van der Waals surface area (Å²) in [5.41, 5.74) is 0.0159. The monoisotopic (exact) mass is 853 g/mol. The minimum atomic E-state index is -2.90. The van der Waals surface area contributed by atoms with Crippen LogP contribution < -0.4 is 26.5 Å². The van der Waals surface area contributed by atoms with E-state index in [1.54, 1.807) is 26.8 Å². The number of carbonyl (C=O) groups excluding carboxylic acids is 3. The molecule has 0 bridgehead atoms. The van der Waals surface area contributed by atoms with Crippen LogP contribution in [0.15, 0.2) is 127 Å². The van der Waals surface area contributed by atoms with Crippen molar-refractivity contribution in [3.63, 3.8) is 0 Å². The summed E-state index contributed by atoms with van der Waals surface area (Å²) >= 11 is 1.39. The Balaban J connectivity index is 0.00000523. The maximum atomic E-state index is 13.9. The number of phenols is 1. The third-order valence-corrected chi connectivity index (χ3v) is 15.2. The molecule has 10 nitrogen and oxygen atoms in total. The van der Waals surface area contributed by atoms with E-state index in [4.69, 9.17) is 4.74 Å². The van der Waals surface area contributed by atoms with Gasteiger partial charge in [-0.3, -0.25) is 0 Å². The minimum Gasteiger partial charge on any atom is -0.107 e. The van der Waals surface area contributed by atoms with E-state index in [9.17, 15) is 29.4 Å². The van der Waals surface area contributed by atoms with Crippen LogP contribution in [0.4, 0.5) is 4.79 Å². The second-order valence-electron chi connectivity index (χ2n) is 13.5. The van der Waals surface area contributed by atoms with Crippen LogP contribution in [0.1, 0.15) is 32.4 Å². The Hall–Kier alpha value is -4.39. The molecule has 2 aliphatic heterocycles. The second kappa shape index (κ2) is 16.1. The van der Waals surface area contributed by atoms with E-state index in [1.807, 2.05) is 54.6 Å². The Bertz CT molecular complexity index is 1880. The van der Waals surface area contributed by atoms with Crippen molar-refractivity contribution < 1.29 is 34.1 Å². The summed E-state index contributed by atoms with van der Waals surface area (Å²) in [5.74, 6) is -2.27. The molecule has 2 aliphatic rings. The number of fused-ring (bicyclic) bond motifs is 1. The van der Waals surface area contributed by atoms with Gasteiger partial charge in [-0.25, -0.2) is 0 Å². The summed E-state index contributed by atoms with van der Waals surface area (Å²) in [6, 6.07) is 34.0. The van der Waals surface area contributed by atoms with E-state index in [0.29, 0.717) is 17.5 Å². The summed E-state index contributed by atoms with van der Waals surface area (Å²) in [6.07, 6.45) is -0.435. The van der Waals surface area contributed by atoms with Gasteiger partial charge in [0.25, 0.3) is 0 Å². The van der Waals surface area contributed by atoms with Crippen LogP contribution in [0.25, 0.3) is 0 Å². The molecule has 4 aromatic carbocycles. The average molecular weight is 854 g/mol. The molecule has 0 aliphatic carbocycles. The number of β-lactam (4-membered cyclic amide) rings is 1. The molecule has 6 rings (SSSR count). The van der Waals surface area contributed by atoms with Gasteiger partial charge < -0.3 is 5.11 Å². The standard InChI is InChI=1S/C39H40N3O7PS.HI/c1-39(2,3)49-38(48)41-31(25-14-13-15-27(43)22-25)34(44)40-32-35(45)42-33(37(46)47)26(24-51-36(32)42)23-50(28-16-7-4-8-17-28,29-18-9-5-10-19-29)30-20-11-6-12-21-30;/h4-22,31-32,36,43,50H,23-24H2,1-3H3,(H,40,44)(H,41,48)(H,46,47);1H/t31?,32-,36+;/m1./s1. The van der Waals surface area contributed by atoms with Gasteiger partial charge in [0, 0.05) is 0 Å². The first-order valence-corrected chi connectivity index (χ1v) is 19.8. The number of nitrogens with zero attached hydrogens (tertiary/aromatic N) is 1. The fourth-order valence-electron chi connectivity index (χ4n) is 6.78. The minimum absolute atomic E-state index is 0. The SMILES string of the molecule is CC(C)(C)OC(=O)NC(C(=O)N[C@@H]1C(=O)N2C(C(=O)O)=C(C[PH](c3ccccc3)(c3ccccc3)c3ccccc3)CS[C@@H]12)c1cccc(O)c1.I. The van der Waals surface area contributed by atoms with E-state index in [0.717, 1.165) is 15.9 Å². The van der Waals surface area contributed by atoms with E-state index in [-0.39, 0.29) is 41.0 Å². The molecule has 1 saturated heterocycles. The number of benzene rings is 4. The molecule has 0 saturated carbocycles. The Morgan fingerprint density at radius 3 is 1.90 bits per heavy atom. The number of ether oxygens (including phenoxy) is 1. The first kappa shape index (κ1) is 38.8. The number of carboxylic acids is 1. The predicted octanol–water partition coefficient (Wildman–Crippen LogP) is 5.04. The van der Waals surface area contributed by atoms with E-state index in [1.165, 1.54) is 34.9 Å². The fourth-order valence-corrected chi connectivity index (χ4v) is 13.1. The number of aliphatic carboxylic acids is 1. The number of hydrogen-bond donors (Lipinski definition) is 4. The van der Waals surface area contributed by atoms with Crippen LogP contribution >= 0.6 is 43.0 Å². The normalized spacial score (nSPS) is 17.8. The number of rotatable bonds is 10. The molecule has 2 heterocycles. The Kier molecular flexibility index (Phi) is 12.0. The summed E-state index contributed by atoms with van der Waals surface area (Å²) in [4.78, 5) is 54.7. The van der Waals surface area contributed by atoms with Crippen molar-refractivity contribution in [2.45, 2.75) is 43.8 Å². The molecule has 0 radical (unpaired) electrons. The molecular formula is C39H41IN3O7PS. The van der Waals surface area contributed by atoms with Gasteiger partial charge in [-0.2, -0.15) is 0 Å². The van der Waals surface area contributed by atoms with Crippen LogP contribution in [0, 0.1) is 0 Å². The van der Waals surface area contributed by atoms with Gasteiger partial charge in [-0.05, 0) is 26.8 Å². The summed E-state index contributed by atoms with van der Waals surface area (Å²) in [7, 11) is -2.90. The van der Waals surface area contributed by atoms with Crippen molar-refractivity contribution in [2.24, 2.45) is 0 Å². The van der Waals surface area contributed by atoms with Crippen LogP contribution in [0.3, 0.4) is 0 Å². The Labute approximate surface area is 324 Å². The van der Waals surface area contributed by atoms with E-state index >= 15 is 0 Å². The summed E-state index contributed by atoms with van der Waals surface area (Å²) in [6.45, 7) is 5.06. The Morgan fingerprint density at radius 1 is 0.885 bits per heavy atom. The number of nitrogens with one attached hydrogen (secondary N) is 2. The van der Waals surface area contributed by atoms with Crippen LogP contribution in [-0.4, -0.2) is 67.9 Å². The number of aromatic hydroxyl groups is 1. The maximum Gasteiger partial charge on any atom is -0.107 e. The molecule has 1 unspecified atom stereocenters. The topological polar surface area (TPSA) is 145 Å². The van der Waals surface area contributed by atoms with Gasteiger partial charge in [0.1, 0.15) is 5.60 Å². The van der Waals surface area contributed by atoms with Crippen molar-refractivity contribution in [3.8, 4) is 5.75 Å². The number of phenolic OH excluding ortho intramolecular Hbond substituents is 1. The number of carbonyl (C=O) groups is 4. The first-order chi connectivity index (χ1) is 24.4. The number of halogens is 1. The zero-order chi connectivity index (χ0) is 36.3. The smallest absolute Gasteiger partial charge is 0.107 e. The Morgan fingerprint density at radius 2 is 1.42 bits per heavy atom. The number of amides is 3. The van der Waals surface area contributed by atoms with Gasteiger partial charge in [-0.15, -0.1) is 24.0 Å². The van der Waals surface area contributed by atoms with Gasteiger partial charge >= 0.3 is 265 Å². The van der Waals surface area contributed by atoms with Gasteiger partial charge in [0.2, 0.25) is 0 Å². The van der Waals surface area contributed by atoms with Crippen LogP contribution in [0.5, 0.6) is 5.75 Å².